The molecule has 3 heterocycles. The van der Waals surface area contributed by atoms with Gasteiger partial charge in [-0.25, -0.2) is 4.98 Å². The SMILES string of the molecule is Cn1ccc2c(Nc3ccc(Cl)cc3Cl)ncc(C(=O)N3CCCC3)c21. The fourth-order valence-electron chi connectivity index (χ4n) is 3.38. The molecule has 3 aromatic rings. The van der Waals surface area contributed by atoms with Crippen molar-refractivity contribution in [1.82, 2.24) is 14.5 Å². The molecule has 1 aromatic carbocycles. The minimum Gasteiger partial charge on any atom is -0.350 e. The van der Waals surface area contributed by atoms with Crippen molar-refractivity contribution in [1.29, 1.82) is 0 Å². The van der Waals surface area contributed by atoms with Gasteiger partial charge in [-0.2, -0.15) is 0 Å². The van der Waals surface area contributed by atoms with Crippen molar-refractivity contribution in [3.05, 3.63) is 52.3 Å². The third kappa shape index (κ3) is 3.02. The zero-order valence-corrected chi connectivity index (χ0v) is 15.8. The van der Waals surface area contributed by atoms with Crippen LogP contribution in [0, 0.1) is 0 Å². The predicted octanol–water partition coefficient (Wildman–Crippen LogP) is 4.86. The molecule has 0 spiro atoms. The van der Waals surface area contributed by atoms with Crippen LogP contribution in [0.5, 0.6) is 0 Å². The Morgan fingerprint density at radius 2 is 1.96 bits per heavy atom. The van der Waals surface area contributed by atoms with Gasteiger partial charge in [0, 0.05) is 42.9 Å². The van der Waals surface area contributed by atoms with E-state index in [2.05, 4.69) is 10.3 Å². The lowest BCUT2D eigenvalue weighted by molar-refractivity contribution is 0.0794. The number of hydrogen-bond donors (Lipinski definition) is 1. The number of rotatable bonds is 3. The van der Waals surface area contributed by atoms with Crippen molar-refractivity contribution in [3.63, 3.8) is 0 Å². The predicted molar refractivity (Wildman–Crippen MR) is 106 cm³/mol. The first-order chi connectivity index (χ1) is 12.5. The van der Waals surface area contributed by atoms with Gasteiger partial charge >= 0.3 is 0 Å². The summed E-state index contributed by atoms with van der Waals surface area (Å²) in [4.78, 5) is 19.3. The van der Waals surface area contributed by atoms with Crippen LogP contribution in [0.3, 0.4) is 0 Å². The van der Waals surface area contributed by atoms with Crippen LogP contribution in [0.25, 0.3) is 10.9 Å². The summed E-state index contributed by atoms with van der Waals surface area (Å²) in [6.07, 6.45) is 5.70. The van der Waals surface area contributed by atoms with E-state index in [-0.39, 0.29) is 5.91 Å². The molecule has 0 bridgehead atoms. The van der Waals surface area contributed by atoms with E-state index in [0.717, 1.165) is 36.8 Å². The number of nitrogens with zero attached hydrogens (tertiary/aromatic N) is 3. The maximum atomic E-state index is 12.9. The third-order valence-corrected chi connectivity index (χ3v) is 5.26. The molecule has 0 atom stereocenters. The maximum Gasteiger partial charge on any atom is 0.257 e. The van der Waals surface area contributed by atoms with Gasteiger partial charge in [-0.05, 0) is 37.1 Å². The molecular weight excluding hydrogens is 371 g/mol. The molecule has 0 unspecified atom stereocenters. The number of likely N-dealkylation sites (tertiary alicyclic amines) is 1. The molecule has 1 N–H and O–H groups in total. The van der Waals surface area contributed by atoms with Gasteiger partial charge in [-0.1, -0.05) is 23.2 Å². The molecule has 0 radical (unpaired) electrons. The molecule has 2 aromatic heterocycles. The highest BCUT2D eigenvalue weighted by Crippen LogP contribution is 2.32. The average molecular weight is 389 g/mol. The minimum absolute atomic E-state index is 0.0397. The van der Waals surface area contributed by atoms with Crippen molar-refractivity contribution in [2.24, 2.45) is 7.05 Å². The number of nitrogens with one attached hydrogen (secondary N) is 1. The summed E-state index contributed by atoms with van der Waals surface area (Å²) >= 11 is 12.2. The van der Waals surface area contributed by atoms with Crippen LogP contribution in [-0.2, 0) is 7.05 Å². The van der Waals surface area contributed by atoms with Gasteiger partial charge in [0.05, 0.1) is 21.8 Å². The molecule has 1 amide bonds. The lowest BCUT2D eigenvalue weighted by Crippen LogP contribution is -2.28. The molecule has 7 heteroatoms. The molecular formula is C19H18Cl2N4O. The Bertz CT molecular complexity index is 993. The standard InChI is InChI=1S/C19H18Cl2N4O/c1-24-9-6-13-17(24)14(19(26)25-7-2-3-8-25)11-22-18(13)23-16-5-4-12(20)10-15(16)21/h4-6,9-11H,2-3,7-8H2,1H3,(H,22,23). The number of amides is 1. The van der Waals surface area contributed by atoms with E-state index < -0.39 is 0 Å². The Kier molecular flexibility index (Phi) is 4.51. The van der Waals surface area contributed by atoms with Crippen molar-refractivity contribution in [2.45, 2.75) is 12.8 Å². The van der Waals surface area contributed by atoms with Gasteiger partial charge in [-0.15, -0.1) is 0 Å². The van der Waals surface area contributed by atoms with E-state index in [9.17, 15) is 4.79 Å². The highest BCUT2D eigenvalue weighted by atomic mass is 35.5. The van der Waals surface area contributed by atoms with Crippen LogP contribution in [0.15, 0.2) is 36.7 Å². The molecule has 26 heavy (non-hydrogen) atoms. The number of carbonyl (C=O) groups is 1. The molecule has 0 aliphatic carbocycles. The summed E-state index contributed by atoms with van der Waals surface area (Å²) in [5, 5.41) is 5.22. The van der Waals surface area contributed by atoms with Crippen LogP contribution < -0.4 is 5.32 Å². The third-order valence-electron chi connectivity index (χ3n) is 4.71. The Balaban J connectivity index is 1.76. The summed E-state index contributed by atoms with van der Waals surface area (Å²) in [6, 6.07) is 7.21. The van der Waals surface area contributed by atoms with Crippen molar-refractivity contribution >= 4 is 51.5 Å². The Morgan fingerprint density at radius 3 is 2.69 bits per heavy atom. The van der Waals surface area contributed by atoms with Crippen LogP contribution >= 0.6 is 23.2 Å². The number of carbonyl (C=O) groups excluding carboxylic acids is 1. The first-order valence-corrected chi connectivity index (χ1v) is 9.25. The number of hydrogen-bond acceptors (Lipinski definition) is 3. The second kappa shape index (κ2) is 6.82. The van der Waals surface area contributed by atoms with Crippen molar-refractivity contribution in [3.8, 4) is 0 Å². The normalized spacial score (nSPS) is 14.2. The van der Waals surface area contributed by atoms with E-state index in [4.69, 9.17) is 23.2 Å². The fourth-order valence-corrected chi connectivity index (χ4v) is 3.84. The van der Waals surface area contributed by atoms with Crippen LogP contribution in [0.4, 0.5) is 11.5 Å². The minimum atomic E-state index is 0.0397. The first-order valence-electron chi connectivity index (χ1n) is 8.50. The summed E-state index contributed by atoms with van der Waals surface area (Å²) < 4.78 is 1.95. The van der Waals surface area contributed by atoms with E-state index in [1.807, 2.05) is 34.8 Å². The smallest absolute Gasteiger partial charge is 0.257 e. The summed E-state index contributed by atoms with van der Waals surface area (Å²) in [5.41, 5.74) is 2.21. The maximum absolute atomic E-state index is 12.9. The topological polar surface area (TPSA) is 50.2 Å². The lowest BCUT2D eigenvalue weighted by atomic mass is 10.1. The first kappa shape index (κ1) is 17.2. The Morgan fingerprint density at radius 1 is 1.19 bits per heavy atom. The number of pyridine rings is 1. The number of halogens is 2. The number of benzene rings is 1. The molecule has 1 saturated heterocycles. The number of fused-ring (bicyclic) bond motifs is 1. The van der Waals surface area contributed by atoms with E-state index in [1.165, 1.54) is 0 Å². The van der Waals surface area contributed by atoms with Gasteiger partial charge < -0.3 is 14.8 Å². The van der Waals surface area contributed by atoms with Crippen molar-refractivity contribution in [2.75, 3.05) is 18.4 Å². The molecule has 1 aliphatic rings. The highest BCUT2D eigenvalue weighted by molar-refractivity contribution is 6.36. The van der Waals surface area contributed by atoms with Crippen LogP contribution in [0.2, 0.25) is 10.0 Å². The van der Waals surface area contributed by atoms with Gasteiger partial charge in [0.25, 0.3) is 5.91 Å². The Hall–Kier alpha value is -2.24. The van der Waals surface area contributed by atoms with Crippen LogP contribution in [0.1, 0.15) is 23.2 Å². The van der Waals surface area contributed by atoms with E-state index in [0.29, 0.717) is 27.1 Å². The fraction of sp³-hybridized carbons (Fsp3) is 0.263. The molecule has 0 saturated carbocycles. The number of aromatic nitrogens is 2. The molecule has 1 aliphatic heterocycles. The monoisotopic (exact) mass is 388 g/mol. The molecule has 5 nitrogen and oxygen atoms in total. The summed E-state index contributed by atoms with van der Waals surface area (Å²) in [7, 11) is 1.93. The summed E-state index contributed by atoms with van der Waals surface area (Å²) in [6.45, 7) is 1.62. The second-order valence-corrected chi connectivity index (χ2v) is 7.30. The largest absolute Gasteiger partial charge is 0.350 e. The van der Waals surface area contributed by atoms with Gasteiger partial charge in [0.1, 0.15) is 5.82 Å². The highest BCUT2D eigenvalue weighted by Gasteiger charge is 2.24. The Labute approximate surface area is 161 Å². The average Bonchev–Trinajstić information content (AvgIpc) is 3.28. The van der Waals surface area contributed by atoms with E-state index >= 15 is 0 Å². The van der Waals surface area contributed by atoms with E-state index in [1.54, 1.807) is 18.3 Å². The molecule has 1 fully saturated rings. The summed E-state index contributed by atoms with van der Waals surface area (Å²) in [5.74, 6) is 0.695. The number of aryl methyl sites for hydroxylation is 1. The lowest BCUT2D eigenvalue weighted by Gasteiger charge is -2.17. The van der Waals surface area contributed by atoms with Gasteiger partial charge in [-0.3, -0.25) is 4.79 Å². The molecule has 4 rings (SSSR count). The quantitative estimate of drug-likeness (QED) is 0.696. The second-order valence-electron chi connectivity index (χ2n) is 6.46. The van der Waals surface area contributed by atoms with Crippen molar-refractivity contribution < 1.29 is 4.79 Å². The number of anilines is 2. The zero-order valence-electron chi connectivity index (χ0n) is 14.3. The molecule has 134 valence electrons. The zero-order chi connectivity index (χ0) is 18.3. The van der Waals surface area contributed by atoms with Gasteiger partial charge in [0.2, 0.25) is 0 Å². The van der Waals surface area contributed by atoms with Gasteiger partial charge in [0.15, 0.2) is 0 Å². The van der Waals surface area contributed by atoms with Crippen LogP contribution in [-0.4, -0.2) is 33.4 Å².